The van der Waals surface area contributed by atoms with Crippen molar-refractivity contribution < 1.29 is 14.2 Å². The highest BCUT2D eigenvalue weighted by molar-refractivity contribution is 5.66. The number of hydrogen-bond acceptors (Lipinski definition) is 2. The zero-order chi connectivity index (χ0) is 9.42. The van der Waals surface area contributed by atoms with Gasteiger partial charge in [0.05, 0.1) is 13.2 Å². The number of nitrogens with zero attached hydrogens (tertiary/aromatic N) is 1. The van der Waals surface area contributed by atoms with Crippen molar-refractivity contribution in [2.24, 2.45) is 0 Å². The van der Waals surface area contributed by atoms with E-state index in [2.05, 4.69) is 4.85 Å². The molecule has 2 rings (SSSR count). The van der Waals surface area contributed by atoms with Gasteiger partial charge in [-0.15, -0.1) is 0 Å². The summed E-state index contributed by atoms with van der Waals surface area (Å²) in [7, 11) is 0. The summed E-state index contributed by atoms with van der Waals surface area (Å²) in [5, 5.41) is 9.31. The van der Waals surface area contributed by atoms with Gasteiger partial charge in [-0.05, 0) is 0 Å². The molecule has 0 atom stereocenters. The van der Waals surface area contributed by atoms with Crippen molar-refractivity contribution in [2.75, 3.05) is 6.61 Å². The number of hydrogen-bond donors (Lipinski definition) is 1. The molecule has 0 fully saturated rings. The van der Waals surface area contributed by atoms with Crippen LogP contribution < -0.4 is 4.74 Å². The van der Waals surface area contributed by atoms with Crippen LogP contribution in [0.2, 0.25) is 0 Å². The van der Waals surface area contributed by atoms with Crippen LogP contribution in [-0.2, 0) is 6.42 Å². The van der Waals surface area contributed by atoms with E-state index in [-0.39, 0.29) is 17.2 Å². The quantitative estimate of drug-likeness (QED) is 0.618. The number of phenolic OH excluding ortho intramolecular Hbond substituents is 1. The van der Waals surface area contributed by atoms with Crippen LogP contribution in [-0.4, -0.2) is 11.7 Å². The Hall–Kier alpha value is -1.76. The molecule has 0 aromatic heterocycles. The van der Waals surface area contributed by atoms with Crippen molar-refractivity contribution in [3.05, 3.63) is 28.9 Å². The number of aromatic hydroxyl groups is 1. The first-order valence-corrected chi connectivity index (χ1v) is 3.78. The lowest BCUT2D eigenvalue weighted by Gasteiger charge is -2.04. The molecular weight excluding hydrogens is 173 g/mol. The molecule has 1 aromatic rings. The van der Waals surface area contributed by atoms with Crippen LogP contribution in [0, 0.1) is 12.4 Å². The third-order valence-electron chi connectivity index (χ3n) is 2.00. The minimum atomic E-state index is -0.729. The second kappa shape index (κ2) is 2.63. The van der Waals surface area contributed by atoms with Crippen molar-refractivity contribution in [3.63, 3.8) is 0 Å². The first kappa shape index (κ1) is 7.87. The SMILES string of the molecule is [C-]#[N+]c1c(F)cc(O)c2c1OCC2. The first-order valence-electron chi connectivity index (χ1n) is 3.78. The van der Waals surface area contributed by atoms with Gasteiger partial charge in [-0.1, -0.05) is 0 Å². The lowest BCUT2D eigenvalue weighted by molar-refractivity contribution is 0.357. The molecule has 13 heavy (non-hydrogen) atoms. The fourth-order valence-corrected chi connectivity index (χ4v) is 1.40. The molecule has 0 radical (unpaired) electrons. The van der Waals surface area contributed by atoms with E-state index in [0.717, 1.165) is 6.07 Å². The third kappa shape index (κ3) is 1.01. The van der Waals surface area contributed by atoms with E-state index >= 15 is 0 Å². The van der Waals surface area contributed by atoms with Gasteiger partial charge in [0.2, 0.25) is 0 Å². The van der Waals surface area contributed by atoms with E-state index in [1.54, 1.807) is 0 Å². The Morgan fingerprint density at radius 2 is 2.38 bits per heavy atom. The summed E-state index contributed by atoms with van der Waals surface area (Å²) in [6.45, 7) is 7.14. The largest absolute Gasteiger partial charge is 0.508 e. The Balaban J connectivity index is 2.74. The zero-order valence-corrected chi connectivity index (χ0v) is 6.67. The Kier molecular flexibility index (Phi) is 1.59. The van der Waals surface area contributed by atoms with Gasteiger partial charge >= 0.3 is 0 Å². The number of phenols is 1. The van der Waals surface area contributed by atoms with Crippen LogP contribution in [0.1, 0.15) is 5.56 Å². The number of ether oxygens (including phenoxy) is 1. The summed E-state index contributed by atoms with van der Waals surface area (Å²) in [6.07, 6.45) is 0.532. The molecule has 66 valence electrons. The Bertz CT molecular complexity index is 409. The molecular formula is C9H6FNO2. The van der Waals surface area contributed by atoms with Gasteiger partial charge in [-0.3, -0.25) is 0 Å². The van der Waals surface area contributed by atoms with Crippen molar-refractivity contribution in [3.8, 4) is 11.5 Å². The van der Waals surface area contributed by atoms with Gasteiger partial charge in [0.1, 0.15) is 17.3 Å². The number of benzene rings is 1. The minimum absolute atomic E-state index is 0.127. The Morgan fingerprint density at radius 3 is 3.08 bits per heavy atom. The van der Waals surface area contributed by atoms with E-state index in [0.29, 0.717) is 18.6 Å². The molecule has 4 heteroatoms. The lowest BCUT2D eigenvalue weighted by atomic mass is 10.1. The molecule has 0 aliphatic carbocycles. The van der Waals surface area contributed by atoms with Gasteiger partial charge in [-0.25, -0.2) is 9.24 Å². The maximum Gasteiger partial charge on any atom is 0.263 e. The maximum absolute atomic E-state index is 13.1. The summed E-state index contributed by atoms with van der Waals surface area (Å²) in [5.74, 6) is -0.655. The van der Waals surface area contributed by atoms with E-state index < -0.39 is 5.82 Å². The Labute approximate surface area is 74.2 Å². The highest BCUT2D eigenvalue weighted by Gasteiger charge is 2.23. The predicted octanol–water partition coefficient (Wildman–Crippen LogP) is 2.02. The standard InChI is InChI=1S/C9H6FNO2/c1-11-8-6(10)4-7(12)5-2-3-13-9(5)8/h4,12H,2-3H2. The first-order chi connectivity index (χ1) is 6.24. The van der Waals surface area contributed by atoms with Crippen molar-refractivity contribution in [1.82, 2.24) is 0 Å². The summed E-state index contributed by atoms with van der Waals surface area (Å²) < 4.78 is 18.1. The topological polar surface area (TPSA) is 33.8 Å². The molecule has 0 unspecified atom stereocenters. The summed E-state index contributed by atoms with van der Waals surface area (Å²) >= 11 is 0. The van der Waals surface area contributed by atoms with Crippen LogP contribution in [0.3, 0.4) is 0 Å². The molecule has 0 bridgehead atoms. The highest BCUT2D eigenvalue weighted by atomic mass is 19.1. The molecule has 1 aliphatic rings. The van der Waals surface area contributed by atoms with E-state index in [4.69, 9.17) is 11.3 Å². The molecule has 0 spiro atoms. The lowest BCUT2D eigenvalue weighted by Crippen LogP contribution is -1.86. The average Bonchev–Trinajstić information content (AvgIpc) is 2.53. The smallest absolute Gasteiger partial charge is 0.263 e. The number of rotatable bonds is 0. The van der Waals surface area contributed by atoms with Gasteiger partial charge in [0.25, 0.3) is 5.69 Å². The molecule has 0 saturated carbocycles. The second-order valence-corrected chi connectivity index (χ2v) is 2.74. The molecule has 1 aliphatic heterocycles. The van der Waals surface area contributed by atoms with Gasteiger partial charge in [-0.2, -0.15) is 0 Å². The monoisotopic (exact) mass is 179 g/mol. The van der Waals surface area contributed by atoms with Gasteiger partial charge < -0.3 is 9.84 Å². The van der Waals surface area contributed by atoms with Crippen molar-refractivity contribution in [2.45, 2.75) is 6.42 Å². The molecule has 1 heterocycles. The summed E-state index contributed by atoms with van der Waals surface area (Å²) in [5.41, 5.74) is 0.401. The average molecular weight is 179 g/mol. The van der Waals surface area contributed by atoms with E-state index in [1.807, 2.05) is 0 Å². The van der Waals surface area contributed by atoms with E-state index in [1.165, 1.54) is 0 Å². The van der Waals surface area contributed by atoms with Crippen LogP contribution in [0.5, 0.6) is 11.5 Å². The molecule has 1 aromatic carbocycles. The van der Waals surface area contributed by atoms with Crippen LogP contribution in [0.15, 0.2) is 6.07 Å². The highest BCUT2D eigenvalue weighted by Crippen LogP contribution is 2.42. The summed E-state index contributed by atoms with van der Waals surface area (Å²) in [4.78, 5) is 3.02. The fourth-order valence-electron chi connectivity index (χ4n) is 1.40. The van der Waals surface area contributed by atoms with E-state index in [9.17, 15) is 9.50 Å². The van der Waals surface area contributed by atoms with Gasteiger partial charge in [0, 0.05) is 18.1 Å². The molecule has 0 saturated heterocycles. The minimum Gasteiger partial charge on any atom is -0.508 e. The molecule has 3 nitrogen and oxygen atoms in total. The van der Waals surface area contributed by atoms with Crippen LogP contribution in [0.4, 0.5) is 10.1 Å². The number of fused-ring (bicyclic) bond motifs is 1. The predicted molar refractivity (Wildman–Crippen MR) is 43.5 cm³/mol. The van der Waals surface area contributed by atoms with Crippen molar-refractivity contribution in [1.29, 1.82) is 0 Å². The number of halogens is 1. The Morgan fingerprint density at radius 1 is 1.62 bits per heavy atom. The van der Waals surface area contributed by atoms with Crippen LogP contribution in [0.25, 0.3) is 4.85 Å². The second-order valence-electron chi connectivity index (χ2n) is 2.74. The summed E-state index contributed by atoms with van der Waals surface area (Å²) in [6, 6.07) is 0.959. The third-order valence-corrected chi connectivity index (χ3v) is 2.00. The molecule has 0 amide bonds. The van der Waals surface area contributed by atoms with Gasteiger partial charge in [0.15, 0.2) is 0 Å². The van der Waals surface area contributed by atoms with Crippen LogP contribution >= 0.6 is 0 Å². The fraction of sp³-hybridized carbons (Fsp3) is 0.222. The normalized spacial score (nSPS) is 13.2. The zero-order valence-electron chi connectivity index (χ0n) is 6.67. The molecule has 1 N–H and O–H groups in total. The maximum atomic E-state index is 13.1. The van der Waals surface area contributed by atoms with Crippen molar-refractivity contribution >= 4 is 5.69 Å².